The van der Waals surface area contributed by atoms with Gasteiger partial charge in [0, 0.05) is 46.8 Å². The monoisotopic (exact) mass is 547 g/mol. The number of benzene rings is 2. The number of hydrogen-bond acceptors (Lipinski definition) is 1. The van der Waals surface area contributed by atoms with Crippen molar-refractivity contribution in [2.45, 2.75) is 70.6 Å². The van der Waals surface area contributed by atoms with Gasteiger partial charge in [-0.3, -0.25) is 0 Å². The van der Waals surface area contributed by atoms with Crippen LogP contribution in [0.25, 0.3) is 0 Å². The number of fused-ring (bicyclic) bond motifs is 2. The zero-order chi connectivity index (χ0) is 28.1. The normalized spacial score (nSPS) is 24.6. The minimum atomic E-state index is -0.00401. The lowest BCUT2D eigenvalue weighted by atomic mass is 9.79. The molecule has 0 spiro atoms. The maximum Gasteiger partial charge on any atom is 0.209 e. The second-order valence-electron chi connectivity index (χ2n) is 12.6. The van der Waals surface area contributed by atoms with E-state index in [1.807, 2.05) is 0 Å². The molecule has 1 aliphatic carbocycles. The number of likely N-dealkylation sites (N-methyl/N-ethyl adjacent to an activating group) is 1. The summed E-state index contributed by atoms with van der Waals surface area (Å²) in [6.45, 7) is 9.53. The molecule has 206 valence electrons. The number of hydrogen-bond donors (Lipinski definition) is 0. The standard InChI is InChI=1S/C37H43N2S/c1-36(2)29-17-8-10-19-31(29)38(5)33(36)23-21-27-15-14-16-28(35(27)40-25-12-7-13-26-40)22-24-34-37(3,4)30-18-9-11-20-32(30)39(34)6/h7-13,17-21,23,25-26H,14-16,22,24H2,1-6H3/q+1/b27-21+,33-23+. The molecule has 0 bridgehead atoms. The summed E-state index contributed by atoms with van der Waals surface area (Å²) in [6, 6.07) is 17.8. The van der Waals surface area contributed by atoms with Crippen LogP contribution in [0.1, 0.15) is 70.9 Å². The smallest absolute Gasteiger partial charge is 0.209 e. The van der Waals surface area contributed by atoms with Gasteiger partial charge in [-0.15, -0.1) is 10.5 Å². The van der Waals surface area contributed by atoms with Crippen LogP contribution in [0.5, 0.6) is 0 Å². The maximum absolute atomic E-state index is 2.47. The number of nitrogens with zero attached hydrogens (tertiary/aromatic N) is 2. The summed E-state index contributed by atoms with van der Waals surface area (Å²) in [5.41, 5.74) is 11.7. The first-order valence-electron chi connectivity index (χ1n) is 14.8. The van der Waals surface area contributed by atoms with Gasteiger partial charge in [0.2, 0.25) is 5.69 Å². The van der Waals surface area contributed by atoms with E-state index >= 15 is 0 Å². The van der Waals surface area contributed by atoms with Gasteiger partial charge < -0.3 is 4.90 Å². The number of anilines is 1. The van der Waals surface area contributed by atoms with Gasteiger partial charge >= 0.3 is 0 Å². The van der Waals surface area contributed by atoms with Crippen molar-refractivity contribution in [3.63, 3.8) is 0 Å². The van der Waals surface area contributed by atoms with Gasteiger partial charge in [0.25, 0.3) is 0 Å². The molecule has 0 amide bonds. The fraction of sp³-hybridized carbons (Fsp3) is 0.351. The van der Waals surface area contributed by atoms with E-state index in [1.165, 1.54) is 52.3 Å². The Hall–Kier alpha value is -3.17. The van der Waals surface area contributed by atoms with E-state index in [0.717, 1.165) is 19.3 Å². The van der Waals surface area contributed by atoms with E-state index in [4.69, 9.17) is 0 Å². The van der Waals surface area contributed by atoms with Crippen molar-refractivity contribution in [2.75, 3.05) is 19.0 Å². The van der Waals surface area contributed by atoms with E-state index < -0.39 is 0 Å². The third kappa shape index (κ3) is 4.43. The quantitative estimate of drug-likeness (QED) is 0.267. The molecule has 1 atom stereocenters. The number of allylic oxidation sites excluding steroid dienone is 8. The lowest BCUT2D eigenvalue weighted by molar-refractivity contribution is -0.404. The molecule has 0 radical (unpaired) electrons. The maximum atomic E-state index is 2.47. The molecule has 2 aromatic carbocycles. The van der Waals surface area contributed by atoms with Crippen molar-refractivity contribution >= 4 is 32.9 Å². The Morgan fingerprint density at radius 3 is 2.33 bits per heavy atom. The molecule has 3 heteroatoms. The fourth-order valence-corrected chi connectivity index (χ4v) is 9.31. The van der Waals surface area contributed by atoms with Gasteiger partial charge in [-0.2, -0.15) is 0 Å². The predicted octanol–water partition coefficient (Wildman–Crippen LogP) is 9.30. The Balaban J connectivity index is 1.37. The SMILES string of the molecule is CN1/C(=C/C=C2\CCCC(CCC3=[N+](C)c4ccccc4C3(C)C)=C2S2=CC=CC=C2)C(C)(C)c2ccccc21. The zero-order valence-corrected chi connectivity index (χ0v) is 25.8. The fourth-order valence-electron chi connectivity index (χ4n) is 7.41. The first kappa shape index (κ1) is 27.0. The molecule has 0 saturated carbocycles. The molecule has 0 N–H and O–H groups in total. The summed E-state index contributed by atoms with van der Waals surface area (Å²) in [4.78, 5) is 3.99. The Bertz CT molecular complexity index is 1590. The van der Waals surface area contributed by atoms with Crippen molar-refractivity contribution in [1.82, 2.24) is 0 Å². The van der Waals surface area contributed by atoms with E-state index in [0.29, 0.717) is 0 Å². The molecule has 2 aromatic rings. The van der Waals surface area contributed by atoms with Gasteiger partial charge in [-0.1, -0.05) is 80.1 Å². The molecule has 2 nitrogen and oxygen atoms in total. The van der Waals surface area contributed by atoms with Crippen LogP contribution in [0.3, 0.4) is 0 Å². The highest BCUT2D eigenvalue weighted by Gasteiger charge is 2.43. The second-order valence-corrected chi connectivity index (χ2v) is 14.3. The molecule has 1 unspecified atom stereocenters. The van der Waals surface area contributed by atoms with Crippen LogP contribution in [0.2, 0.25) is 0 Å². The van der Waals surface area contributed by atoms with E-state index in [2.05, 4.69) is 141 Å². The van der Waals surface area contributed by atoms with Crippen molar-refractivity contribution in [1.29, 1.82) is 0 Å². The molecule has 0 saturated heterocycles. The van der Waals surface area contributed by atoms with Crippen LogP contribution < -0.4 is 4.90 Å². The third-order valence-electron chi connectivity index (χ3n) is 9.56. The van der Waals surface area contributed by atoms with E-state index in [-0.39, 0.29) is 21.3 Å². The average molecular weight is 548 g/mol. The Labute approximate surface area is 243 Å². The topological polar surface area (TPSA) is 6.25 Å². The summed E-state index contributed by atoms with van der Waals surface area (Å²) < 4.78 is 2.47. The van der Waals surface area contributed by atoms with E-state index in [1.54, 1.807) is 10.5 Å². The van der Waals surface area contributed by atoms with Gasteiger partial charge in [0.05, 0.1) is 5.41 Å². The summed E-state index contributed by atoms with van der Waals surface area (Å²) in [5.74, 6) is 0. The molecule has 6 rings (SSSR count). The molecule has 40 heavy (non-hydrogen) atoms. The van der Waals surface area contributed by atoms with E-state index in [9.17, 15) is 0 Å². The van der Waals surface area contributed by atoms with Crippen LogP contribution in [-0.4, -0.2) is 29.8 Å². The summed E-state index contributed by atoms with van der Waals surface area (Å²) in [7, 11) is 4.51. The van der Waals surface area contributed by atoms with Gasteiger partial charge in [-0.05, 0) is 73.6 Å². The lowest BCUT2D eigenvalue weighted by Crippen LogP contribution is -2.28. The molecule has 3 aliphatic heterocycles. The third-order valence-corrected chi connectivity index (χ3v) is 11.5. The number of rotatable bonds is 5. The molecule has 0 aromatic heterocycles. The predicted molar refractivity (Wildman–Crippen MR) is 176 cm³/mol. The minimum absolute atomic E-state index is 0.00401. The zero-order valence-electron chi connectivity index (χ0n) is 25.0. The van der Waals surface area contributed by atoms with Crippen molar-refractivity contribution < 1.29 is 4.58 Å². The van der Waals surface area contributed by atoms with Crippen LogP contribution in [0.15, 0.2) is 106 Å². The summed E-state index contributed by atoms with van der Waals surface area (Å²) in [5, 5.41) is 4.83. The van der Waals surface area contributed by atoms with Crippen LogP contribution >= 0.6 is 10.5 Å². The number of para-hydroxylation sites is 2. The average Bonchev–Trinajstić information content (AvgIpc) is 3.28. The molecule has 3 heterocycles. The van der Waals surface area contributed by atoms with Crippen molar-refractivity contribution in [2.24, 2.45) is 0 Å². The molecule has 0 fully saturated rings. The van der Waals surface area contributed by atoms with Crippen LogP contribution in [0.4, 0.5) is 11.4 Å². The Kier molecular flexibility index (Phi) is 6.99. The largest absolute Gasteiger partial charge is 0.347 e. The first-order valence-corrected chi connectivity index (χ1v) is 16.1. The molecular weight excluding hydrogens is 504 g/mol. The van der Waals surface area contributed by atoms with Gasteiger partial charge in [-0.25, -0.2) is 4.58 Å². The second kappa shape index (κ2) is 10.3. The van der Waals surface area contributed by atoms with Gasteiger partial charge in [0.15, 0.2) is 5.71 Å². The van der Waals surface area contributed by atoms with Crippen molar-refractivity contribution in [3.8, 4) is 0 Å². The van der Waals surface area contributed by atoms with Gasteiger partial charge in [0.1, 0.15) is 7.05 Å². The highest BCUT2D eigenvalue weighted by molar-refractivity contribution is 8.21. The molecule has 4 aliphatic rings. The molecular formula is C37H43N2S+. The minimum Gasteiger partial charge on any atom is -0.347 e. The summed E-state index contributed by atoms with van der Waals surface area (Å²) in [6.07, 6.45) is 17.4. The van der Waals surface area contributed by atoms with Crippen molar-refractivity contribution in [3.05, 3.63) is 117 Å². The summed E-state index contributed by atoms with van der Waals surface area (Å²) >= 11 is 0. The van der Waals surface area contributed by atoms with Crippen LogP contribution in [-0.2, 0) is 10.8 Å². The Morgan fingerprint density at radius 1 is 0.850 bits per heavy atom. The highest BCUT2D eigenvalue weighted by atomic mass is 32.2. The highest BCUT2D eigenvalue weighted by Crippen LogP contribution is 2.48. The Morgan fingerprint density at radius 2 is 1.60 bits per heavy atom. The van der Waals surface area contributed by atoms with Crippen LogP contribution in [0, 0.1) is 0 Å². The lowest BCUT2D eigenvalue weighted by Gasteiger charge is -2.27. The first-order chi connectivity index (χ1) is 19.2.